The van der Waals surface area contributed by atoms with Crippen LogP contribution in [0.2, 0.25) is 0 Å². The lowest BCUT2D eigenvalue weighted by Gasteiger charge is -2.26. The number of nitrogens with two attached hydrogens (primary N) is 1. The van der Waals surface area contributed by atoms with Crippen LogP contribution in [-0.4, -0.2) is 65.2 Å². The van der Waals surface area contributed by atoms with Crippen molar-refractivity contribution in [1.82, 2.24) is 25.2 Å². The Morgan fingerprint density at radius 1 is 0.971 bits per heavy atom. The third kappa shape index (κ3) is 4.73. The summed E-state index contributed by atoms with van der Waals surface area (Å²) in [6, 6.07) is 19.5. The van der Waals surface area contributed by atoms with Crippen LogP contribution in [0.25, 0.3) is 33.4 Å². The number of benzene rings is 2. The summed E-state index contributed by atoms with van der Waals surface area (Å²) < 4.78 is 5.37. The Morgan fingerprint density at radius 2 is 1.76 bits per heavy atom. The standard InChI is InChI=1S/C26H26N6O2/c27-25-24(26(33)29-11-12-32-13-15-34-16-14-32)30-23(22(31-25)18-5-2-1-3-6-18)20-8-9-21-19(17-20)7-4-10-28-21/h1-10,17H,11-16H2,(H2,27,31)(H,29,33). The summed E-state index contributed by atoms with van der Waals surface area (Å²) in [7, 11) is 0. The SMILES string of the molecule is Nc1nc(-c2ccccc2)c(-c2ccc3ncccc3c2)nc1C(=O)NCCN1CCOCC1. The van der Waals surface area contributed by atoms with Crippen LogP contribution in [0, 0.1) is 0 Å². The first-order chi connectivity index (χ1) is 16.7. The third-order valence-corrected chi connectivity index (χ3v) is 5.88. The highest BCUT2D eigenvalue weighted by molar-refractivity contribution is 5.98. The van der Waals surface area contributed by atoms with Gasteiger partial charge in [-0.1, -0.05) is 42.5 Å². The zero-order valence-electron chi connectivity index (χ0n) is 18.8. The fraction of sp³-hybridized carbons (Fsp3) is 0.231. The maximum Gasteiger partial charge on any atom is 0.273 e. The number of amides is 1. The number of fused-ring (bicyclic) bond motifs is 1. The number of ether oxygens (including phenoxy) is 1. The van der Waals surface area contributed by atoms with Crippen molar-refractivity contribution in [2.45, 2.75) is 0 Å². The van der Waals surface area contributed by atoms with E-state index in [9.17, 15) is 4.79 Å². The smallest absolute Gasteiger partial charge is 0.273 e. The van der Waals surface area contributed by atoms with Crippen LogP contribution in [0.3, 0.4) is 0 Å². The molecule has 0 saturated carbocycles. The summed E-state index contributed by atoms with van der Waals surface area (Å²) in [6.07, 6.45) is 1.76. The Morgan fingerprint density at radius 3 is 2.59 bits per heavy atom. The van der Waals surface area contributed by atoms with Crippen molar-refractivity contribution in [3.05, 3.63) is 72.6 Å². The van der Waals surface area contributed by atoms with E-state index in [2.05, 4.69) is 20.2 Å². The molecule has 1 saturated heterocycles. The second-order valence-electron chi connectivity index (χ2n) is 8.14. The van der Waals surface area contributed by atoms with Gasteiger partial charge in [-0.3, -0.25) is 14.7 Å². The first-order valence-electron chi connectivity index (χ1n) is 11.4. The number of carbonyl (C=O) groups is 1. The lowest BCUT2D eigenvalue weighted by molar-refractivity contribution is 0.0383. The van der Waals surface area contributed by atoms with Crippen molar-refractivity contribution < 1.29 is 9.53 Å². The van der Waals surface area contributed by atoms with Crippen LogP contribution in [0.1, 0.15) is 10.5 Å². The molecule has 2 aromatic heterocycles. The van der Waals surface area contributed by atoms with Crippen LogP contribution < -0.4 is 11.1 Å². The van der Waals surface area contributed by atoms with E-state index in [0.717, 1.165) is 54.9 Å². The Bertz CT molecular complexity index is 1310. The summed E-state index contributed by atoms with van der Waals surface area (Å²) in [5, 5.41) is 3.92. The first-order valence-corrected chi connectivity index (χ1v) is 11.4. The maximum atomic E-state index is 13.0. The average molecular weight is 455 g/mol. The van der Waals surface area contributed by atoms with Crippen LogP contribution in [-0.2, 0) is 4.74 Å². The molecule has 1 amide bonds. The predicted octanol–water partition coefficient (Wildman–Crippen LogP) is 3.00. The van der Waals surface area contributed by atoms with E-state index in [4.69, 9.17) is 15.5 Å². The monoisotopic (exact) mass is 454 g/mol. The van der Waals surface area contributed by atoms with E-state index >= 15 is 0 Å². The number of morpholine rings is 1. The Kier molecular flexibility index (Phi) is 6.42. The second kappa shape index (κ2) is 9.94. The second-order valence-corrected chi connectivity index (χ2v) is 8.14. The molecule has 4 aromatic rings. The number of carbonyl (C=O) groups excluding carboxylic acids is 1. The highest BCUT2D eigenvalue weighted by Gasteiger charge is 2.20. The number of nitrogens with one attached hydrogen (secondary N) is 1. The molecular weight excluding hydrogens is 428 g/mol. The van der Waals surface area contributed by atoms with Gasteiger partial charge in [0.2, 0.25) is 0 Å². The zero-order valence-corrected chi connectivity index (χ0v) is 18.8. The number of hydrogen-bond donors (Lipinski definition) is 2. The Balaban J connectivity index is 1.48. The van der Waals surface area contributed by atoms with Crippen molar-refractivity contribution >= 4 is 22.6 Å². The molecule has 8 heteroatoms. The van der Waals surface area contributed by atoms with Crippen molar-refractivity contribution in [3.8, 4) is 22.5 Å². The molecule has 3 N–H and O–H groups in total. The van der Waals surface area contributed by atoms with Gasteiger partial charge in [-0.25, -0.2) is 9.97 Å². The lowest BCUT2D eigenvalue weighted by atomic mass is 10.0. The maximum absolute atomic E-state index is 13.0. The Hall–Kier alpha value is -3.88. The quantitative estimate of drug-likeness (QED) is 0.461. The fourth-order valence-electron chi connectivity index (χ4n) is 4.07. The average Bonchev–Trinajstić information content (AvgIpc) is 2.89. The number of aromatic nitrogens is 3. The van der Waals surface area contributed by atoms with Gasteiger partial charge in [0.05, 0.1) is 30.1 Å². The zero-order chi connectivity index (χ0) is 23.3. The first kappa shape index (κ1) is 21.9. The van der Waals surface area contributed by atoms with Gasteiger partial charge in [-0.15, -0.1) is 0 Å². The minimum atomic E-state index is -0.332. The van der Waals surface area contributed by atoms with Crippen LogP contribution in [0.5, 0.6) is 0 Å². The molecule has 1 aliphatic heterocycles. The van der Waals surface area contributed by atoms with Gasteiger partial charge < -0.3 is 15.8 Å². The summed E-state index contributed by atoms with van der Waals surface area (Å²) in [5.74, 6) is -0.226. The molecule has 0 unspecified atom stereocenters. The molecule has 172 valence electrons. The number of anilines is 1. The molecular formula is C26H26N6O2. The van der Waals surface area contributed by atoms with Gasteiger partial charge in [0.25, 0.3) is 5.91 Å². The van der Waals surface area contributed by atoms with Crippen molar-refractivity contribution in [1.29, 1.82) is 0 Å². The number of pyridine rings is 1. The summed E-state index contributed by atoms with van der Waals surface area (Å²) in [6.45, 7) is 4.41. The molecule has 0 atom stereocenters. The number of nitrogen functional groups attached to an aromatic ring is 1. The van der Waals surface area contributed by atoms with Crippen LogP contribution in [0.4, 0.5) is 5.82 Å². The lowest BCUT2D eigenvalue weighted by Crippen LogP contribution is -2.41. The van der Waals surface area contributed by atoms with E-state index in [1.54, 1.807) is 6.20 Å². The molecule has 1 aliphatic rings. The molecule has 34 heavy (non-hydrogen) atoms. The van der Waals surface area contributed by atoms with Gasteiger partial charge in [0.15, 0.2) is 11.5 Å². The summed E-state index contributed by atoms with van der Waals surface area (Å²) in [5.41, 5.74) is 10.2. The van der Waals surface area contributed by atoms with Crippen LogP contribution >= 0.6 is 0 Å². The van der Waals surface area contributed by atoms with Crippen molar-refractivity contribution in [2.75, 3.05) is 45.1 Å². The molecule has 0 radical (unpaired) electrons. The Labute approximate surface area is 197 Å². The molecule has 0 aliphatic carbocycles. The van der Waals surface area contributed by atoms with E-state index in [0.29, 0.717) is 17.9 Å². The molecule has 0 spiro atoms. The van der Waals surface area contributed by atoms with Gasteiger partial charge >= 0.3 is 0 Å². The van der Waals surface area contributed by atoms with E-state index in [1.165, 1.54) is 0 Å². The van der Waals surface area contributed by atoms with Gasteiger partial charge in [-0.05, 0) is 18.2 Å². The molecule has 1 fully saturated rings. The predicted molar refractivity (Wildman–Crippen MR) is 132 cm³/mol. The molecule has 2 aromatic carbocycles. The van der Waals surface area contributed by atoms with E-state index < -0.39 is 0 Å². The molecule has 8 nitrogen and oxygen atoms in total. The highest BCUT2D eigenvalue weighted by atomic mass is 16.5. The van der Waals surface area contributed by atoms with Gasteiger partial charge in [0, 0.05) is 48.9 Å². The van der Waals surface area contributed by atoms with Crippen molar-refractivity contribution in [2.24, 2.45) is 0 Å². The van der Waals surface area contributed by atoms with E-state index in [1.807, 2.05) is 60.7 Å². The van der Waals surface area contributed by atoms with E-state index in [-0.39, 0.29) is 17.4 Å². The largest absolute Gasteiger partial charge is 0.382 e. The van der Waals surface area contributed by atoms with Crippen molar-refractivity contribution in [3.63, 3.8) is 0 Å². The minimum absolute atomic E-state index is 0.105. The molecule has 3 heterocycles. The number of nitrogens with zero attached hydrogens (tertiary/aromatic N) is 4. The van der Waals surface area contributed by atoms with Crippen LogP contribution in [0.15, 0.2) is 66.9 Å². The molecule has 5 rings (SSSR count). The summed E-state index contributed by atoms with van der Waals surface area (Å²) in [4.78, 5) is 29.0. The fourth-order valence-corrected chi connectivity index (χ4v) is 4.07. The topological polar surface area (TPSA) is 106 Å². The van der Waals surface area contributed by atoms with Gasteiger partial charge in [-0.2, -0.15) is 0 Å². The summed E-state index contributed by atoms with van der Waals surface area (Å²) >= 11 is 0. The number of hydrogen-bond acceptors (Lipinski definition) is 7. The highest BCUT2D eigenvalue weighted by Crippen LogP contribution is 2.32. The third-order valence-electron chi connectivity index (χ3n) is 5.88. The van der Waals surface area contributed by atoms with Gasteiger partial charge in [0.1, 0.15) is 0 Å². The minimum Gasteiger partial charge on any atom is -0.382 e. The number of rotatable bonds is 6. The normalized spacial score (nSPS) is 14.2. The molecule has 0 bridgehead atoms.